The molecule has 2 atom stereocenters. The Labute approximate surface area is 115 Å². The molecule has 2 N–H and O–H groups in total. The summed E-state index contributed by atoms with van der Waals surface area (Å²) in [7, 11) is 0. The summed E-state index contributed by atoms with van der Waals surface area (Å²) in [5.74, 6) is 0.636. The summed E-state index contributed by atoms with van der Waals surface area (Å²) in [5.41, 5.74) is -0.248. The number of hydrogen-bond acceptors (Lipinski definition) is 3. The highest BCUT2D eigenvalue weighted by Gasteiger charge is 2.58. The van der Waals surface area contributed by atoms with Crippen LogP contribution in [0.5, 0.6) is 0 Å². The van der Waals surface area contributed by atoms with Crippen molar-refractivity contribution in [1.82, 2.24) is 10.2 Å². The lowest BCUT2D eigenvalue weighted by Gasteiger charge is -2.26. The molecule has 19 heavy (non-hydrogen) atoms. The number of nitrogens with one attached hydrogen (secondary N) is 1. The van der Waals surface area contributed by atoms with Gasteiger partial charge in [0.05, 0.1) is 5.60 Å². The first-order chi connectivity index (χ1) is 9.03. The maximum atomic E-state index is 12.6. The van der Waals surface area contributed by atoms with E-state index in [9.17, 15) is 9.90 Å². The lowest BCUT2D eigenvalue weighted by Crippen LogP contribution is -2.37. The van der Waals surface area contributed by atoms with Crippen LogP contribution in [0, 0.1) is 11.3 Å². The first-order valence-electron chi connectivity index (χ1n) is 7.74. The fraction of sp³-hybridized carbons (Fsp3) is 0.933. The van der Waals surface area contributed by atoms with E-state index in [1.165, 1.54) is 0 Å². The Morgan fingerprint density at radius 2 is 1.95 bits per heavy atom. The molecule has 0 aromatic heterocycles. The molecule has 0 bridgehead atoms. The summed E-state index contributed by atoms with van der Waals surface area (Å²) < 4.78 is 0. The van der Waals surface area contributed by atoms with Crippen molar-refractivity contribution in [1.29, 1.82) is 0 Å². The van der Waals surface area contributed by atoms with Crippen molar-refractivity contribution in [3.05, 3.63) is 0 Å². The molecule has 2 saturated heterocycles. The minimum absolute atomic E-state index is 0.276. The zero-order valence-electron chi connectivity index (χ0n) is 12.0. The van der Waals surface area contributed by atoms with Crippen LogP contribution in [0.1, 0.15) is 45.4 Å². The molecule has 4 nitrogen and oxygen atoms in total. The van der Waals surface area contributed by atoms with E-state index in [2.05, 4.69) is 5.32 Å². The Morgan fingerprint density at radius 3 is 2.68 bits per heavy atom. The van der Waals surface area contributed by atoms with Crippen molar-refractivity contribution in [2.45, 2.75) is 51.0 Å². The molecule has 108 valence electrons. The maximum Gasteiger partial charge on any atom is 0.226 e. The van der Waals surface area contributed by atoms with Gasteiger partial charge in [-0.05, 0) is 64.0 Å². The van der Waals surface area contributed by atoms with Gasteiger partial charge in [0.25, 0.3) is 0 Å². The summed E-state index contributed by atoms with van der Waals surface area (Å²) in [6.45, 7) is 5.60. The second kappa shape index (κ2) is 4.74. The molecule has 3 aliphatic rings. The molecule has 2 aliphatic heterocycles. The topological polar surface area (TPSA) is 52.6 Å². The van der Waals surface area contributed by atoms with Crippen molar-refractivity contribution < 1.29 is 9.90 Å². The van der Waals surface area contributed by atoms with Crippen molar-refractivity contribution in [3.63, 3.8) is 0 Å². The summed E-state index contributed by atoms with van der Waals surface area (Å²) in [5, 5.41) is 13.5. The monoisotopic (exact) mass is 266 g/mol. The van der Waals surface area contributed by atoms with Crippen LogP contribution in [0.3, 0.4) is 0 Å². The molecule has 0 radical (unpaired) electrons. The predicted molar refractivity (Wildman–Crippen MR) is 73.7 cm³/mol. The number of piperidine rings is 1. The van der Waals surface area contributed by atoms with E-state index in [0.29, 0.717) is 11.3 Å². The number of carbonyl (C=O) groups is 1. The van der Waals surface area contributed by atoms with Crippen molar-refractivity contribution in [3.8, 4) is 0 Å². The fourth-order valence-corrected chi connectivity index (χ4v) is 3.88. The van der Waals surface area contributed by atoms with Gasteiger partial charge >= 0.3 is 0 Å². The number of aliphatic hydroxyl groups is 1. The summed E-state index contributed by atoms with van der Waals surface area (Å²) in [4.78, 5) is 14.6. The first kappa shape index (κ1) is 13.4. The van der Waals surface area contributed by atoms with E-state index >= 15 is 0 Å². The van der Waals surface area contributed by atoms with Gasteiger partial charge in [0, 0.05) is 19.0 Å². The quantitative estimate of drug-likeness (QED) is 0.748. The highest BCUT2D eigenvalue weighted by atomic mass is 16.3. The summed E-state index contributed by atoms with van der Waals surface area (Å²) in [6, 6.07) is 0. The van der Waals surface area contributed by atoms with Gasteiger partial charge in [-0.3, -0.25) is 4.79 Å². The third-order valence-electron chi connectivity index (χ3n) is 5.46. The molecule has 3 rings (SSSR count). The second-order valence-electron chi connectivity index (χ2n) is 7.04. The Morgan fingerprint density at radius 1 is 1.21 bits per heavy atom. The van der Waals surface area contributed by atoms with Gasteiger partial charge in [-0.1, -0.05) is 0 Å². The van der Waals surface area contributed by atoms with Crippen LogP contribution in [-0.4, -0.2) is 47.7 Å². The minimum atomic E-state index is -0.578. The number of rotatable bonds is 1. The molecule has 3 fully saturated rings. The Balaban J connectivity index is 1.59. The normalized spacial score (nSPS) is 38.0. The number of carbonyl (C=O) groups excluding carboxylic acids is 1. The lowest BCUT2D eigenvalue weighted by molar-refractivity contribution is -0.133. The number of likely N-dealkylation sites (tertiary alicyclic amines) is 1. The van der Waals surface area contributed by atoms with Crippen molar-refractivity contribution in [2.75, 3.05) is 26.2 Å². The van der Waals surface area contributed by atoms with Gasteiger partial charge in [-0.25, -0.2) is 0 Å². The number of hydrogen-bond donors (Lipinski definition) is 2. The zero-order valence-corrected chi connectivity index (χ0v) is 12.0. The molecule has 4 heteroatoms. The lowest BCUT2D eigenvalue weighted by atomic mass is 9.91. The smallest absolute Gasteiger partial charge is 0.226 e. The van der Waals surface area contributed by atoms with Gasteiger partial charge in [0.1, 0.15) is 0 Å². The average Bonchev–Trinajstić information content (AvgIpc) is 3.09. The van der Waals surface area contributed by atoms with Gasteiger partial charge in [-0.2, -0.15) is 0 Å². The molecule has 0 aromatic rings. The Kier molecular flexibility index (Phi) is 3.34. The fourth-order valence-electron chi connectivity index (χ4n) is 3.88. The Bertz CT molecular complexity index is 361. The van der Waals surface area contributed by atoms with E-state index < -0.39 is 5.60 Å². The van der Waals surface area contributed by atoms with Crippen molar-refractivity contribution >= 4 is 5.91 Å². The first-order valence-corrected chi connectivity index (χ1v) is 7.74. The molecule has 2 heterocycles. The van der Waals surface area contributed by atoms with E-state index in [1.54, 1.807) is 0 Å². The largest absolute Gasteiger partial charge is 0.390 e. The standard InChI is InChI=1S/C15H26N2O2/c1-14(19)3-2-9-17(10-6-14)13(18)12-11-15(12)4-7-16-8-5-15/h12,16,19H,2-11H2,1H3. The van der Waals surface area contributed by atoms with Gasteiger partial charge in [0.15, 0.2) is 0 Å². The van der Waals surface area contributed by atoms with Crippen LogP contribution in [0.4, 0.5) is 0 Å². The van der Waals surface area contributed by atoms with Gasteiger partial charge in [-0.15, -0.1) is 0 Å². The van der Waals surface area contributed by atoms with Crippen LogP contribution in [0.15, 0.2) is 0 Å². The molecule has 0 aromatic carbocycles. The SMILES string of the molecule is CC1(O)CCCN(C(=O)C2CC23CCNCC3)CC1. The average molecular weight is 266 g/mol. The molecule has 1 aliphatic carbocycles. The maximum absolute atomic E-state index is 12.6. The van der Waals surface area contributed by atoms with Gasteiger partial charge in [0.2, 0.25) is 5.91 Å². The second-order valence-corrected chi connectivity index (χ2v) is 7.04. The molecule has 1 spiro atoms. The van der Waals surface area contributed by atoms with E-state index in [1.807, 2.05) is 11.8 Å². The van der Waals surface area contributed by atoms with E-state index in [0.717, 1.165) is 64.7 Å². The molecule has 1 saturated carbocycles. The minimum Gasteiger partial charge on any atom is -0.390 e. The van der Waals surface area contributed by atoms with Crippen molar-refractivity contribution in [2.24, 2.45) is 11.3 Å². The van der Waals surface area contributed by atoms with Crippen LogP contribution >= 0.6 is 0 Å². The third kappa shape index (κ3) is 2.65. The van der Waals surface area contributed by atoms with Crippen LogP contribution in [0.25, 0.3) is 0 Å². The summed E-state index contributed by atoms with van der Waals surface area (Å²) in [6.07, 6.45) is 5.89. The number of amides is 1. The van der Waals surface area contributed by atoms with E-state index in [-0.39, 0.29) is 5.92 Å². The molecule has 2 unspecified atom stereocenters. The summed E-state index contributed by atoms with van der Waals surface area (Å²) >= 11 is 0. The Hall–Kier alpha value is -0.610. The molecular formula is C15H26N2O2. The van der Waals surface area contributed by atoms with Crippen LogP contribution in [0.2, 0.25) is 0 Å². The molecular weight excluding hydrogens is 240 g/mol. The van der Waals surface area contributed by atoms with E-state index in [4.69, 9.17) is 0 Å². The van der Waals surface area contributed by atoms with Gasteiger partial charge < -0.3 is 15.3 Å². The third-order valence-corrected chi connectivity index (χ3v) is 5.46. The van der Waals surface area contributed by atoms with Crippen LogP contribution < -0.4 is 5.32 Å². The predicted octanol–water partition coefficient (Wildman–Crippen LogP) is 1.14. The highest BCUT2D eigenvalue weighted by Crippen LogP contribution is 2.59. The zero-order chi connectivity index (χ0) is 13.5. The molecule has 1 amide bonds. The highest BCUT2D eigenvalue weighted by molar-refractivity contribution is 5.82. The van der Waals surface area contributed by atoms with Crippen LogP contribution in [-0.2, 0) is 4.79 Å². The number of nitrogens with zero attached hydrogens (tertiary/aromatic N) is 1.